The van der Waals surface area contributed by atoms with E-state index >= 15 is 0 Å². The van der Waals surface area contributed by atoms with Crippen LogP contribution >= 0.6 is 0 Å². The first kappa shape index (κ1) is 20.8. The summed E-state index contributed by atoms with van der Waals surface area (Å²) in [5.74, 6) is -0.293. The molecule has 31 heavy (non-hydrogen) atoms. The first-order valence-corrected chi connectivity index (χ1v) is 9.73. The van der Waals surface area contributed by atoms with Crippen molar-refractivity contribution in [3.05, 3.63) is 59.2 Å². The fraction of sp³-hybridized carbons (Fsp3) is 0.273. The number of rotatable bonds is 2. The highest BCUT2D eigenvalue weighted by Crippen LogP contribution is 2.38. The van der Waals surface area contributed by atoms with Crippen LogP contribution in [0.3, 0.4) is 0 Å². The third-order valence-electron chi connectivity index (χ3n) is 5.26. The summed E-state index contributed by atoms with van der Waals surface area (Å²) in [6, 6.07) is 8.34. The molecule has 0 spiro atoms. The zero-order chi connectivity index (χ0) is 22.2. The van der Waals surface area contributed by atoms with Crippen molar-refractivity contribution in [1.82, 2.24) is 5.32 Å². The quantitative estimate of drug-likeness (QED) is 0.685. The highest BCUT2D eigenvalue weighted by Gasteiger charge is 2.32. The maximum atomic E-state index is 13.0. The Morgan fingerprint density at radius 2 is 2.03 bits per heavy atom. The largest absolute Gasteiger partial charge is 0.493 e. The summed E-state index contributed by atoms with van der Waals surface area (Å²) >= 11 is 0. The van der Waals surface area contributed by atoms with Crippen molar-refractivity contribution in [2.45, 2.75) is 25.6 Å². The predicted octanol–water partition coefficient (Wildman–Crippen LogP) is 4.56. The first-order chi connectivity index (χ1) is 14.7. The van der Waals surface area contributed by atoms with Gasteiger partial charge in [0.1, 0.15) is 5.75 Å². The van der Waals surface area contributed by atoms with Crippen LogP contribution in [-0.2, 0) is 17.5 Å². The lowest BCUT2D eigenvalue weighted by Crippen LogP contribution is -2.41. The summed E-state index contributed by atoms with van der Waals surface area (Å²) < 4.78 is 44.5. The standard InChI is InChI=1S/C22H20F3N3O3/c1-28-18-11-16(6-4-14(18)12-26-21(28)30)27-20(29)9-13-3-2-8-31-19-10-15(22(23,24)25)5-7-17(13)19/h4-7,9-11H,2-3,8,12H2,1H3,(H,26,30)(H,27,29). The number of fused-ring (bicyclic) bond motifs is 2. The van der Waals surface area contributed by atoms with E-state index in [1.54, 1.807) is 19.2 Å². The van der Waals surface area contributed by atoms with Gasteiger partial charge in [-0.3, -0.25) is 9.69 Å². The number of nitrogens with zero attached hydrogens (tertiary/aromatic N) is 1. The van der Waals surface area contributed by atoms with Crippen LogP contribution in [0.25, 0.3) is 5.57 Å². The Bertz CT molecular complexity index is 1080. The average Bonchev–Trinajstić information content (AvgIpc) is 2.92. The molecule has 2 N–H and O–H groups in total. The molecule has 6 nitrogen and oxygen atoms in total. The molecule has 0 saturated carbocycles. The van der Waals surface area contributed by atoms with Crippen molar-refractivity contribution in [1.29, 1.82) is 0 Å². The Hall–Kier alpha value is -3.49. The molecule has 2 aliphatic heterocycles. The SMILES string of the molecule is CN1C(=O)NCc2ccc(NC(=O)C=C3CCCOc4cc(C(F)(F)F)ccc43)cc21. The van der Waals surface area contributed by atoms with E-state index < -0.39 is 17.6 Å². The normalized spacial score (nSPS) is 17.2. The molecule has 0 saturated heterocycles. The van der Waals surface area contributed by atoms with Crippen LogP contribution in [0.2, 0.25) is 0 Å². The maximum Gasteiger partial charge on any atom is 0.416 e. The van der Waals surface area contributed by atoms with Crippen molar-refractivity contribution in [3.8, 4) is 5.75 Å². The number of amides is 3. The summed E-state index contributed by atoms with van der Waals surface area (Å²) in [5, 5.41) is 5.51. The number of nitrogens with one attached hydrogen (secondary N) is 2. The van der Waals surface area contributed by atoms with Crippen molar-refractivity contribution in [2.24, 2.45) is 0 Å². The van der Waals surface area contributed by atoms with Gasteiger partial charge in [-0.2, -0.15) is 13.2 Å². The Balaban J connectivity index is 1.58. The number of urea groups is 1. The number of hydrogen-bond donors (Lipinski definition) is 2. The summed E-state index contributed by atoms with van der Waals surface area (Å²) in [5.41, 5.74) is 2.42. The van der Waals surface area contributed by atoms with Gasteiger partial charge in [0, 0.05) is 30.9 Å². The number of benzene rings is 2. The molecular formula is C22H20F3N3O3. The molecule has 0 bridgehead atoms. The topological polar surface area (TPSA) is 70.7 Å². The number of ether oxygens (including phenoxy) is 1. The Labute approximate surface area is 176 Å². The lowest BCUT2D eigenvalue weighted by atomic mass is 9.99. The van der Waals surface area contributed by atoms with Crippen molar-refractivity contribution >= 4 is 28.9 Å². The van der Waals surface area contributed by atoms with E-state index in [-0.39, 0.29) is 18.4 Å². The van der Waals surface area contributed by atoms with E-state index in [0.717, 1.165) is 17.7 Å². The van der Waals surface area contributed by atoms with Gasteiger partial charge >= 0.3 is 12.2 Å². The molecule has 162 valence electrons. The maximum absolute atomic E-state index is 13.0. The zero-order valence-electron chi connectivity index (χ0n) is 16.7. The monoisotopic (exact) mass is 431 g/mol. The van der Waals surface area contributed by atoms with E-state index in [0.29, 0.717) is 41.9 Å². The number of carbonyl (C=O) groups excluding carboxylic acids is 2. The number of anilines is 2. The molecule has 4 rings (SSSR count). The van der Waals surface area contributed by atoms with Crippen LogP contribution in [0, 0.1) is 0 Å². The highest BCUT2D eigenvalue weighted by molar-refractivity contribution is 6.05. The second-order valence-corrected chi connectivity index (χ2v) is 7.38. The van der Waals surface area contributed by atoms with Gasteiger partial charge in [-0.25, -0.2) is 4.79 Å². The summed E-state index contributed by atoms with van der Waals surface area (Å²) in [6.45, 7) is 0.681. The molecule has 2 heterocycles. The average molecular weight is 431 g/mol. The molecule has 0 fully saturated rings. The van der Waals surface area contributed by atoms with Gasteiger partial charge in [0.25, 0.3) is 0 Å². The van der Waals surface area contributed by atoms with Crippen molar-refractivity contribution < 1.29 is 27.5 Å². The van der Waals surface area contributed by atoms with Crippen molar-refractivity contribution in [2.75, 3.05) is 23.9 Å². The molecule has 0 atom stereocenters. The van der Waals surface area contributed by atoms with Gasteiger partial charge in [0.2, 0.25) is 5.91 Å². The van der Waals surface area contributed by atoms with Crippen molar-refractivity contribution in [3.63, 3.8) is 0 Å². The minimum atomic E-state index is -4.47. The summed E-state index contributed by atoms with van der Waals surface area (Å²) in [7, 11) is 1.64. The first-order valence-electron chi connectivity index (χ1n) is 9.73. The number of alkyl halides is 3. The molecule has 3 amide bonds. The van der Waals surface area contributed by atoms with Gasteiger partial charge < -0.3 is 15.4 Å². The Kier molecular flexibility index (Phi) is 5.34. The number of halogens is 3. The minimum absolute atomic E-state index is 0.118. The molecule has 0 aromatic heterocycles. The molecule has 2 aliphatic rings. The lowest BCUT2D eigenvalue weighted by Gasteiger charge is -2.27. The smallest absolute Gasteiger partial charge is 0.416 e. The predicted molar refractivity (Wildman–Crippen MR) is 110 cm³/mol. The van der Waals surface area contributed by atoms with E-state index in [4.69, 9.17) is 4.74 Å². The van der Waals surface area contributed by atoms with Gasteiger partial charge in [-0.15, -0.1) is 0 Å². The number of hydrogen-bond acceptors (Lipinski definition) is 3. The van der Waals surface area contributed by atoms with Gasteiger partial charge in [-0.1, -0.05) is 12.1 Å². The fourth-order valence-electron chi connectivity index (χ4n) is 3.65. The van der Waals surface area contributed by atoms with Gasteiger partial charge in [0.15, 0.2) is 0 Å². The summed E-state index contributed by atoms with van der Waals surface area (Å²) in [4.78, 5) is 25.9. The van der Waals surface area contributed by atoms with E-state index in [1.807, 2.05) is 6.07 Å². The molecule has 2 aromatic rings. The molecule has 0 radical (unpaired) electrons. The van der Waals surface area contributed by atoms with Crippen LogP contribution in [0.5, 0.6) is 5.75 Å². The Morgan fingerprint density at radius 3 is 2.81 bits per heavy atom. The van der Waals surface area contributed by atoms with Crippen LogP contribution < -0.4 is 20.3 Å². The number of carbonyl (C=O) groups is 2. The molecule has 9 heteroatoms. The second-order valence-electron chi connectivity index (χ2n) is 7.38. The second kappa shape index (κ2) is 7.98. The summed E-state index contributed by atoms with van der Waals surface area (Å²) in [6.07, 6.45) is -2.01. The molecule has 2 aromatic carbocycles. The van der Waals surface area contributed by atoms with Crippen LogP contribution in [0.4, 0.5) is 29.3 Å². The molecular weight excluding hydrogens is 411 g/mol. The van der Waals surface area contributed by atoms with Gasteiger partial charge in [-0.05, 0) is 48.2 Å². The minimum Gasteiger partial charge on any atom is -0.493 e. The third kappa shape index (κ3) is 4.35. The lowest BCUT2D eigenvalue weighted by molar-refractivity contribution is -0.137. The molecule has 0 aliphatic carbocycles. The van der Waals surface area contributed by atoms with E-state index in [2.05, 4.69) is 10.6 Å². The van der Waals surface area contributed by atoms with E-state index in [9.17, 15) is 22.8 Å². The van der Waals surface area contributed by atoms with Crippen LogP contribution in [0.15, 0.2) is 42.5 Å². The van der Waals surface area contributed by atoms with Crippen LogP contribution in [0.1, 0.15) is 29.5 Å². The van der Waals surface area contributed by atoms with Gasteiger partial charge in [0.05, 0.1) is 17.9 Å². The van der Waals surface area contributed by atoms with E-state index in [1.165, 1.54) is 17.0 Å². The number of allylic oxidation sites excluding steroid dienone is 1. The molecule has 0 unspecified atom stereocenters. The Morgan fingerprint density at radius 1 is 1.23 bits per heavy atom. The highest BCUT2D eigenvalue weighted by atomic mass is 19.4. The zero-order valence-corrected chi connectivity index (χ0v) is 16.7. The third-order valence-corrected chi connectivity index (χ3v) is 5.26. The fourth-order valence-corrected chi connectivity index (χ4v) is 3.65. The van der Waals surface area contributed by atoms with Crippen LogP contribution in [-0.4, -0.2) is 25.6 Å².